The van der Waals surface area contributed by atoms with Crippen LogP contribution in [0.25, 0.3) is 0 Å². The first-order chi connectivity index (χ1) is 17.7. The molecule has 190 valence electrons. The van der Waals surface area contributed by atoms with Gasteiger partial charge in [0.15, 0.2) is 0 Å². The van der Waals surface area contributed by atoms with E-state index in [1.165, 1.54) is 12.1 Å². The first-order valence-electron chi connectivity index (χ1n) is 11.3. The topological polar surface area (TPSA) is 66.5 Å². The van der Waals surface area contributed by atoms with Crippen LogP contribution in [0.2, 0.25) is 10.0 Å². The molecule has 1 amide bonds. The molecular formula is C28H23BrCl2N2O3S. The van der Waals surface area contributed by atoms with E-state index in [9.17, 15) is 13.2 Å². The van der Waals surface area contributed by atoms with Crippen LogP contribution in [0.1, 0.15) is 22.7 Å². The summed E-state index contributed by atoms with van der Waals surface area (Å²) in [6, 6.07) is 29.8. The zero-order valence-corrected chi connectivity index (χ0v) is 23.4. The predicted octanol–water partition coefficient (Wildman–Crippen LogP) is 6.85. The molecule has 1 N–H and O–H groups in total. The maximum atomic E-state index is 13.6. The minimum Gasteiger partial charge on any atom is -0.344 e. The second-order valence-electron chi connectivity index (χ2n) is 8.30. The van der Waals surface area contributed by atoms with Gasteiger partial charge in [-0.3, -0.25) is 4.79 Å². The molecule has 0 radical (unpaired) electrons. The number of sulfonamides is 1. The smallest absolute Gasteiger partial charge is 0.243 e. The molecule has 4 aromatic carbocycles. The second-order valence-corrected chi connectivity index (χ2v) is 12.0. The molecule has 37 heavy (non-hydrogen) atoms. The number of carbonyl (C=O) groups excluding carboxylic acids is 1. The lowest BCUT2D eigenvalue weighted by Crippen LogP contribution is -2.41. The van der Waals surface area contributed by atoms with Gasteiger partial charge in [-0.15, -0.1) is 0 Å². The molecule has 0 fully saturated rings. The maximum Gasteiger partial charge on any atom is 0.243 e. The number of amides is 1. The molecule has 0 aliphatic rings. The summed E-state index contributed by atoms with van der Waals surface area (Å²) in [6.45, 7) is -0.459. The summed E-state index contributed by atoms with van der Waals surface area (Å²) >= 11 is 15.5. The van der Waals surface area contributed by atoms with E-state index in [4.69, 9.17) is 23.2 Å². The van der Waals surface area contributed by atoms with Gasteiger partial charge in [0.1, 0.15) is 0 Å². The number of nitrogens with one attached hydrogen (secondary N) is 1. The van der Waals surface area contributed by atoms with Crippen LogP contribution >= 0.6 is 39.1 Å². The van der Waals surface area contributed by atoms with Gasteiger partial charge in [-0.1, -0.05) is 106 Å². The molecule has 0 saturated heterocycles. The van der Waals surface area contributed by atoms with Gasteiger partial charge in [0.2, 0.25) is 15.9 Å². The molecule has 0 bridgehead atoms. The van der Waals surface area contributed by atoms with Crippen LogP contribution in [0.5, 0.6) is 0 Å². The summed E-state index contributed by atoms with van der Waals surface area (Å²) in [6.07, 6.45) is 0. The lowest BCUT2D eigenvalue weighted by atomic mass is 9.99. The second kappa shape index (κ2) is 12.2. The highest BCUT2D eigenvalue weighted by Gasteiger charge is 2.28. The first kappa shape index (κ1) is 27.4. The van der Waals surface area contributed by atoms with Crippen molar-refractivity contribution in [3.63, 3.8) is 0 Å². The highest BCUT2D eigenvalue weighted by atomic mass is 79.9. The fourth-order valence-electron chi connectivity index (χ4n) is 3.84. The van der Waals surface area contributed by atoms with E-state index < -0.39 is 28.5 Å². The summed E-state index contributed by atoms with van der Waals surface area (Å²) in [4.78, 5) is 13.5. The van der Waals surface area contributed by atoms with Gasteiger partial charge in [0.05, 0.1) is 27.5 Å². The van der Waals surface area contributed by atoms with Crippen molar-refractivity contribution in [2.75, 3.05) is 6.54 Å². The summed E-state index contributed by atoms with van der Waals surface area (Å²) in [5.74, 6) is -0.446. The molecule has 0 atom stereocenters. The first-order valence-corrected chi connectivity index (χ1v) is 14.3. The van der Waals surface area contributed by atoms with Crippen LogP contribution in [0.3, 0.4) is 0 Å². The van der Waals surface area contributed by atoms with Crippen LogP contribution in [0.4, 0.5) is 0 Å². The molecule has 5 nitrogen and oxygen atoms in total. The Hall–Kier alpha value is -2.68. The zero-order chi connectivity index (χ0) is 26.4. The van der Waals surface area contributed by atoms with E-state index in [0.717, 1.165) is 19.9 Å². The Morgan fingerprint density at radius 3 is 1.92 bits per heavy atom. The van der Waals surface area contributed by atoms with E-state index in [-0.39, 0.29) is 11.4 Å². The van der Waals surface area contributed by atoms with Crippen LogP contribution < -0.4 is 5.32 Å². The lowest BCUT2D eigenvalue weighted by molar-refractivity contribution is -0.121. The van der Waals surface area contributed by atoms with Gasteiger partial charge in [-0.25, -0.2) is 8.42 Å². The summed E-state index contributed by atoms with van der Waals surface area (Å²) in [5, 5.41) is 3.68. The third kappa shape index (κ3) is 7.00. The Morgan fingerprint density at radius 2 is 1.38 bits per heavy atom. The molecule has 0 spiro atoms. The Bertz CT molecular complexity index is 1430. The quantitative estimate of drug-likeness (QED) is 0.223. The lowest BCUT2D eigenvalue weighted by Gasteiger charge is -2.25. The third-order valence-corrected chi connectivity index (χ3v) is 8.76. The largest absolute Gasteiger partial charge is 0.344 e. The van der Waals surface area contributed by atoms with E-state index >= 15 is 0 Å². The number of hydrogen-bond donors (Lipinski definition) is 1. The predicted molar refractivity (Wildman–Crippen MR) is 151 cm³/mol. The number of hydrogen-bond acceptors (Lipinski definition) is 3. The minimum absolute atomic E-state index is 0.0654. The number of nitrogens with zero attached hydrogens (tertiary/aromatic N) is 1. The van der Waals surface area contributed by atoms with Crippen molar-refractivity contribution in [1.82, 2.24) is 9.62 Å². The molecule has 0 aliphatic heterocycles. The van der Waals surface area contributed by atoms with Gasteiger partial charge in [0, 0.05) is 11.0 Å². The average molecular weight is 618 g/mol. The number of carbonyl (C=O) groups is 1. The minimum atomic E-state index is -4.02. The Labute approximate surface area is 235 Å². The summed E-state index contributed by atoms with van der Waals surface area (Å²) in [7, 11) is -4.02. The van der Waals surface area contributed by atoms with Crippen LogP contribution in [-0.4, -0.2) is 25.2 Å². The van der Waals surface area contributed by atoms with Crippen molar-refractivity contribution < 1.29 is 13.2 Å². The molecule has 0 saturated carbocycles. The molecule has 0 aromatic heterocycles. The van der Waals surface area contributed by atoms with Gasteiger partial charge in [-0.2, -0.15) is 4.31 Å². The van der Waals surface area contributed by atoms with E-state index in [1.807, 2.05) is 60.7 Å². The number of benzene rings is 4. The van der Waals surface area contributed by atoms with Crippen LogP contribution in [0, 0.1) is 0 Å². The molecule has 4 aromatic rings. The Morgan fingerprint density at radius 1 is 0.811 bits per heavy atom. The SMILES string of the molecule is O=C(CN(Cc1ccc(Cl)c(Cl)c1)S(=O)(=O)c1ccc(Br)cc1)NC(c1ccccc1)c1ccccc1. The Kier molecular flexibility index (Phi) is 9.05. The monoisotopic (exact) mass is 616 g/mol. The molecule has 0 unspecified atom stereocenters. The van der Waals surface area contributed by atoms with Crippen molar-refractivity contribution in [1.29, 1.82) is 0 Å². The van der Waals surface area contributed by atoms with Gasteiger partial charge in [0.25, 0.3) is 0 Å². The van der Waals surface area contributed by atoms with Crippen molar-refractivity contribution in [3.05, 3.63) is 134 Å². The normalized spacial score (nSPS) is 11.6. The van der Waals surface area contributed by atoms with Crippen molar-refractivity contribution in [3.8, 4) is 0 Å². The van der Waals surface area contributed by atoms with Crippen molar-refractivity contribution >= 4 is 55.1 Å². The maximum absolute atomic E-state index is 13.6. The van der Waals surface area contributed by atoms with E-state index in [0.29, 0.717) is 15.6 Å². The molecule has 0 heterocycles. The van der Waals surface area contributed by atoms with E-state index in [2.05, 4.69) is 21.2 Å². The van der Waals surface area contributed by atoms with Gasteiger partial charge in [-0.05, 0) is 53.1 Å². The fourth-order valence-corrected chi connectivity index (χ4v) is 5.81. The Balaban J connectivity index is 1.65. The standard InChI is InChI=1S/C28H23BrCl2N2O3S/c29-23-12-14-24(15-13-23)37(35,36)33(18-20-11-16-25(30)26(31)17-20)19-27(34)32-28(21-7-3-1-4-8-21)22-9-5-2-6-10-22/h1-17,28H,18-19H2,(H,32,34). The molecule has 0 aliphatic carbocycles. The van der Waals surface area contributed by atoms with E-state index in [1.54, 1.807) is 30.3 Å². The van der Waals surface area contributed by atoms with Crippen LogP contribution in [0.15, 0.2) is 112 Å². The number of rotatable bonds is 9. The molecule has 4 rings (SSSR count). The van der Waals surface area contributed by atoms with Crippen molar-refractivity contribution in [2.45, 2.75) is 17.5 Å². The summed E-state index contributed by atoms with van der Waals surface area (Å²) < 4.78 is 29.1. The van der Waals surface area contributed by atoms with Crippen LogP contribution in [-0.2, 0) is 21.4 Å². The zero-order valence-electron chi connectivity index (χ0n) is 19.5. The third-order valence-electron chi connectivity index (χ3n) is 5.69. The molecule has 9 heteroatoms. The average Bonchev–Trinajstić information content (AvgIpc) is 2.90. The van der Waals surface area contributed by atoms with Crippen molar-refractivity contribution in [2.24, 2.45) is 0 Å². The van der Waals surface area contributed by atoms with Gasteiger partial charge >= 0.3 is 0 Å². The molecular weight excluding hydrogens is 595 g/mol. The fraction of sp³-hybridized carbons (Fsp3) is 0.107. The van der Waals surface area contributed by atoms with Gasteiger partial charge < -0.3 is 5.32 Å². The highest BCUT2D eigenvalue weighted by Crippen LogP contribution is 2.26. The summed E-state index contributed by atoms with van der Waals surface area (Å²) in [5.41, 5.74) is 2.37. The highest BCUT2D eigenvalue weighted by molar-refractivity contribution is 9.10. The number of halogens is 3.